The second-order valence-corrected chi connectivity index (χ2v) is 7.95. The highest BCUT2D eigenvalue weighted by atomic mass is 35.5. The molecule has 0 fully saturated rings. The second-order valence-electron chi connectivity index (χ2n) is 7.52. The lowest BCUT2D eigenvalue weighted by Crippen LogP contribution is -2.18. The van der Waals surface area contributed by atoms with Gasteiger partial charge in [0, 0.05) is 16.0 Å². The molecular formula is C25H22ClN3O3. The molecule has 1 aromatic heterocycles. The number of hydrogen-bond acceptors (Lipinski definition) is 4. The lowest BCUT2D eigenvalue weighted by Gasteiger charge is -2.11. The molecule has 0 saturated heterocycles. The van der Waals surface area contributed by atoms with Crippen molar-refractivity contribution in [3.05, 3.63) is 87.9 Å². The molecule has 0 aliphatic heterocycles. The number of carbonyl (C=O) groups excluding carboxylic acids is 2. The van der Waals surface area contributed by atoms with E-state index in [1.807, 2.05) is 26.0 Å². The van der Waals surface area contributed by atoms with Crippen LogP contribution in [-0.4, -0.2) is 23.5 Å². The highest BCUT2D eigenvalue weighted by Crippen LogP contribution is 2.32. The molecule has 0 saturated carbocycles. The number of nitrogens with two attached hydrogens (primary N) is 1. The molecule has 4 rings (SSSR count). The number of ether oxygens (including phenoxy) is 1. The predicted molar refractivity (Wildman–Crippen MR) is 128 cm³/mol. The van der Waals surface area contributed by atoms with Gasteiger partial charge in [-0.05, 0) is 61.4 Å². The Hall–Kier alpha value is -3.77. The lowest BCUT2D eigenvalue weighted by molar-refractivity contribution is 0.0967. The van der Waals surface area contributed by atoms with Gasteiger partial charge in [0.15, 0.2) is 0 Å². The molecule has 1 amide bonds. The van der Waals surface area contributed by atoms with Gasteiger partial charge in [-0.15, -0.1) is 0 Å². The minimum Gasteiger partial charge on any atom is -0.495 e. The third-order valence-corrected chi connectivity index (χ3v) is 5.74. The molecule has 0 bridgehead atoms. The Balaban J connectivity index is 1.83. The fourth-order valence-corrected chi connectivity index (χ4v) is 3.86. The Labute approximate surface area is 190 Å². The molecule has 1 heterocycles. The lowest BCUT2D eigenvalue weighted by atomic mass is 10.1. The van der Waals surface area contributed by atoms with Crippen molar-refractivity contribution in [1.29, 1.82) is 0 Å². The second kappa shape index (κ2) is 8.40. The summed E-state index contributed by atoms with van der Waals surface area (Å²) in [6.07, 6.45) is 0. The minimum atomic E-state index is -0.467. The summed E-state index contributed by atoms with van der Waals surface area (Å²) in [6, 6.07) is 17.5. The van der Waals surface area contributed by atoms with Crippen LogP contribution >= 0.6 is 11.6 Å². The Bertz CT molecular complexity index is 1370. The fourth-order valence-electron chi connectivity index (χ4n) is 3.68. The number of hydrogen-bond donors (Lipinski definition) is 2. The van der Waals surface area contributed by atoms with E-state index < -0.39 is 5.91 Å². The van der Waals surface area contributed by atoms with Gasteiger partial charge >= 0.3 is 0 Å². The van der Waals surface area contributed by atoms with Crippen LogP contribution in [0.1, 0.15) is 31.8 Å². The van der Waals surface area contributed by atoms with Crippen LogP contribution in [0.15, 0.2) is 60.7 Å². The van der Waals surface area contributed by atoms with Crippen molar-refractivity contribution in [3.63, 3.8) is 0 Å². The number of aryl methyl sites for hydroxylation is 2. The highest BCUT2D eigenvalue weighted by molar-refractivity contribution is 6.31. The molecule has 0 aliphatic carbocycles. The number of nitrogens with zero attached hydrogens (tertiary/aromatic N) is 1. The molecule has 6 nitrogen and oxygen atoms in total. The van der Waals surface area contributed by atoms with Gasteiger partial charge in [-0.3, -0.25) is 14.2 Å². The topological polar surface area (TPSA) is 86.3 Å². The first-order valence-electron chi connectivity index (χ1n) is 9.97. The van der Waals surface area contributed by atoms with Crippen LogP contribution in [-0.2, 0) is 0 Å². The van der Waals surface area contributed by atoms with Crippen LogP contribution in [0.4, 0.5) is 11.5 Å². The Morgan fingerprint density at radius 2 is 1.75 bits per heavy atom. The zero-order chi connectivity index (χ0) is 23.0. The van der Waals surface area contributed by atoms with E-state index in [9.17, 15) is 9.59 Å². The first kappa shape index (κ1) is 21.5. The van der Waals surface area contributed by atoms with Gasteiger partial charge in [-0.2, -0.15) is 0 Å². The van der Waals surface area contributed by atoms with Crippen molar-refractivity contribution < 1.29 is 14.3 Å². The third-order valence-electron chi connectivity index (χ3n) is 5.51. The van der Waals surface area contributed by atoms with Crippen LogP contribution in [0, 0.1) is 13.8 Å². The smallest absolute Gasteiger partial charge is 0.264 e. The van der Waals surface area contributed by atoms with Gasteiger partial charge < -0.3 is 15.8 Å². The summed E-state index contributed by atoms with van der Waals surface area (Å²) in [7, 11) is 1.50. The van der Waals surface area contributed by atoms with Gasteiger partial charge in [0.1, 0.15) is 11.6 Å². The molecule has 0 unspecified atom stereocenters. The van der Waals surface area contributed by atoms with Crippen molar-refractivity contribution in [2.24, 2.45) is 0 Å². The molecule has 0 spiro atoms. The summed E-state index contributed by atoms with van der Waals surface area (Å²) in [6.45, 7) is 3.93. The van der Waals surface area contributed by atoms with Crippen LogP contribution in [0.5, 0.6) is 5.75 Å². The molecule has 0 radical (unpaired) electrons. The number of aromatic nitrogens is 1. The zero-order valence-corrected chi connectivity index (χ0v) is 18.7. The van der Waals surface area contributed by atoms with Crippen molar-refractivity contribution in [3.8, 4) is 5.75 Å². The number of nitrogens with one attached hydrogen (secondary N) is 1. The minimum absolute atomic E-state index is 0.0629. The molecule has 3 N–H and O–H groups in total. The van der Waals surface area contributed by atoms with E-state index in [-0.39, 0.29) is 17.3 Å². The van der Waals surface area contributed by atoms with Gasteiger partial charge in [0.25, 0.3) is 11.8 Å². The van der Waals surface area contributed by atoms with E-state index in [0.717, 1.165) is 11.1 Å². The van der Waals surface area contributed by atoms with Gasteiger partial charge in [0.2, 0.25) is 0 Å². The number of benzene rings is 3. The first-order valence-corrected chi connectivity index (χ1v) is 10.4. The van der Waals surface area contributed by atoms with E-state index in [2.05, 4.69) is 5.32 Å². The van der Waals surface area contributed by atoms with E-state index in [1.54, 1.807) is 48.5 Å². The number of fused-ring (bicyclic) bond motifs is 1. The molecule has 0 atom stereocenters. The number of rotatable bonds is 4. The monoisotopic (exact) mass is 447 g/mol. The molecule has 162 valence electrons. The van der Waals surface area contributed by atoms with Crippen LogP contribution in [0.3, 0.4) is 0 Å². The number of nitrogen functional groups attached to an aromatic ring is 1. The Morgan fingerprint density at radius 1 is 1.00 bits per heavy atom. The average molecular weight is 448 g/mol. The van der Waals surface area contributed by atoms with E-state index >= 15 is 0 Å². The van der Waals surface area contributed by atoms with Crippen molar-refractivity contribution >= 4 is 45.8 Å². The molecule has 4 aromatic rings. The fraction of sp³-hybridized carbons (Fsp3) is 0.120. The number of amides is 1. The third kappa shape index (κ3) is 3.69. The van der Waals surface area contributed by atoms with Crippen molar-refractivity contribution in [1.82, 2.24) is 4.57 Å². The molecule has 3 aromatic carbocycles. The molecule has 32 heavy (non-hydrogen) atoms. The van der Waals surface area contributed by atoms with Crippen molar-refractivity contribution in [2.75, 3.05) is 18.2 Å². The summed E-state index contributed by atoms with van der Waals surface area (Å²) in [5.41, 5.74) is 10.1. The van der Waals surface area contributed by atoms with Crippen LogP contribution < -0.4 is 15.8 Å². The van der Waals surface area contributed by atoms with Gasteiger partial charge in [0.05, 0.1) is 23.9 Å². The van der Waals surface area contributed by atoms with E-state index in [1.165, 1.54) is 11.7 Å². The summed E-state index contributed by atoms with van der Waals surface area (Å²) >= 11 is 6.09. The van der Waals surface area contributed by atoms with Gasteiger partial charge in [-0.1, -0.05) is 35.9 Å². The predicted octanol–water partition coefficient (Wildman–Crippen LogP) is 5.44. The van der Waals surface area contributed by atoms with E-state index in [0.29, 0.717) is 32.9 Å². The zero-order valence-electron chi connectivity index (χ0n) is 17.9. The molecule has 0 aliphatic rings. The number of halogens is 1. The maximum absolute atomic E-state index is 13.4. The quantitative estimate of drug-likeness (QED) is 0.436. The maximum atomic E-state index is 13.4. The Kier molecular flexibility index (Phi) is 5.63. The van der Waals surface area contributed by atoms with Crippen LogP contribution in [0.25, 0.3) is 10.9 Å². The highest BCUT2D eigenvalue weighted by Gasteiger charge is 2.25. The summed E-state index contributed by atoms with van der Waals surface area (Å²) in [4.78, 5) is 26.7. The standard InChI is InChI=1S/C25H22ClN3O3/c1-14-8-9-16(12-15(14)2)25(31)29-20-7-5-4-6-18(20)22(23(29)27)24(30)28-19-13-17(26)10-11-21(19)32-3/h4-13H,27H2,1-3H3,(H,28,30). The number of methoxy groups -OCH3 is 1. The SMILES string of the molecule is COc1ccc(Cl)cc1NC(=O)c1c(N)n(C(=O)c2ccc(C)c(C)c2)c2ccccc12. The largest absolute Gasteiger partial charge is 0.495 e. The summed E-state index contributed by atoms with van der Waals surface area (Å²) in [5.74, 6) is -0.253. The molecular weight excluding hydrogens is 426 g/mol. The first-order chi connectivity index (χ1) is 15.3. The number of anilines is 2. The number of carbonyl (C=O) groups is 2. The number of para-hydroxylation sites is 1. The summed E-state index contributed by atoms with van der Waals surface area (Å²) in [5, 5.41) is 3.82. The van der Waals surface area contributed by atoms with E-state index in [4.69, 9.17) is 22.1 Å². The van der Waals surface area contributed by atoms with Gasteiger partial charge in [-0.25, -0.2) is 0 Å². The Morgan fingerprint density at radius 3 is 2.47 bits per heavy atom. The molecule has 7 heteroatoms. The normalized spacial score (nSPS) is 10.9. The maximum Gasteiger partial charge on any atom is 0.264 e. The van der Waals surface area contributed by atoms with Crippen molar-refractivity contribution in [2.45, 2.75) is 13.8 Å². The summed E-state index contributed by atoms with van der Waals surface area (Å²) < 4.78 is 6.69. The average Bonchev–Trinajstić information content (AvgIpc) is 3.07. The van der Waals surface area contributed by atoms with Crippen LogP contribution in [0.2, 0.25) is 5.02 Å².